The van der Waals surface area contributed by atoms with E-state index in [0.717, 1.165) is 5.01 Å². The number of benzene rings is 1. The lowest BCUT2D eigenvalue weighted by molar-refractivity contribution is -0.142. The Morgan fingerprint density at radius 2 is 1.88 bits per heavy atom. The van der Waals surface area contributed by atoms with Gasteiger partial charge in [0.25, 0.3) is 5.91 Å². The van der Waals surface area contributed by atoms with Crippen molar-refractivity contribution in [1.82, 2.24) is 10.3 Å². The smallest absolute Gasteiger partial charge is 0.326 e. The van der Waals surface area contributed by atoms with Crippen LogP contribution in [0.4, 0.5) is 13.2 Å². The van der Waals surface area contributed by atoms with Crippen LogP contribution in [-0.2, 0) is 20.9 Å². The lowest BCUT2D eigenvalue weighted by Gasteiger charge is -2.24. The summed E-state index contributed by atoms with van der Waals surface area (Å²) in [6, 6.07) is 3.57. The average molecular weight is 371 g/mol. The molecule has 26 heavy (non-hydrogen) atoms. The molecule has 1 heterocycles. The molecule has 0 saturated heterocycles. The van der Waals surface area contributed by atoms with Crippen molar-refractivity contribution in [3.63, 3.8) is 0 Å². The third kappa shape index (κ3) is 5.30. The predicted molar refractivity (Wildman–Crippen MR) is 83.8 cm³/mol. The zero-order valence-electron chi connectivity index (χ0n) is 13.5. The number of hydrazone groups is 1. The van der Waals surface area contributed by atoms with Crippen LogP contribution in [0.2, 0.25) is 0 Å². The molecule has 140 valence electrons. The highest BCUT2D eigenvalue weighted by molar-refractivity contribution is 6.39. The van der Waals surface area contributed by atoms with E-state index in [9.17, 15) is 27.6 Å². The van der Waals surface area contributed by atoms with E-state index >= 15 is 0 Å². The monoisotopic (exact) mass is 371 g/mol. The minimum atomic E-state index is -2.90. The van der Waals surface area contributed by atoms with Crippen molar-refractivity contribution in [2.45, 2.75) is 38.3 Å². The second-order valence-electron chi connectivity index (χ2n) is 5.62. The third-order valence-electron chi connectivity index (χ3n) is 3.63. The van der Waals surface area contributed by atoms with E-state index in [4.69, 9.17) is 5.11 Å². The van der Waals surface area contributed by atoms with Crippen LogP contribution in [0.15, 0.2) is 29.4 Å². The number of carbonyl (C=O) groups excluding carboxylic acids is 2. The molecule has 0 spiro atoms. The highest BCUT2D eigenvalue weighted by atomic mass is 19.3. The van der Waals surface area contributed by atoms with Crippen molar-refractivity contribution in [1.29, 1.82) is 0 Å². The quantitative estimate of drug-likeness (QED) is 0.759. The highest BCUT2D eigenvalue weighted by Gasteiger charge is 2.29. The summed E-state index contributed by atoms with van der Waals surface area (Å²) in [6.45, 7) is -0.00468. The van der Waals surface area contributed by atoms with Gasteiger partial charge in [-0.15, -0.1) is 0 Å². The van der Waals surface area contributed by atoms with Gasteiger partial charge in [0.05, 0.1) is 6.54 Å². The van der Waals surface area contributed by atoms with E-state index in [2.05, 4.69) is 5.10 Å². The normalized spacial score (nSPS) is 15.6. The van der Waals surface area contributed by atoms with Gasteiger partial charge in [-0.05, 0) is 17.7 Å². The van der Waals surface area contributed by atoms with E-state index < -0.39 is 36.6 Å². The average Bonchev–Trinajstić information content (AvgIpc) is 2.57. The Morgan fingerprint density at radius 1 is 1.23 bits per heavy atom. The number of alkyl halides is 2. The Bertz CT molecular complexity index is 722. The number of carboxylic acid groups (broad SMARTS) is 1. The molecule has 7 nitrogen and oxygen atoms in total. The molecule has 2 N–H and O–H groups in total. The standard InChI is InChI=1S/C16H16F3N3O4/c17-10-3-1-9(2-4-10)8-22-14(23)6-5-11(21-22)15(24)20-12(16(25)26)7-13(18)19/h1-4,12-13H,5-8H2,(H,20,24)(H,25,26). The maximum absolute atomic E-state index is 12.9. The van der Waals surface area contributed by atoms with Crippen LogP contribution in [0.1, 0.15) is 24.8 Å². The minimum absolute atomic E-state index is 0.00468. The second kappa shape index (κ2) is 8.45. The molecule has 1 aliphatic rings. The summed E-state index contributed by atoms with van der Waals surface area (Å²) < 4.78 is 37.7. The zero-order valence-corrected chi connectivity index (χ0v) is 13.5. The van der Waals surface area contributed by atoms with Crippen LogP contribution in [0.3, 0.4) is 0 Å². The van der Waals surface area contributed by atoms with Gasteiger partial charge in [0.15, 0.2) is 0 Å². The summed E-state index contributed by atoms with van der Waals surface area (Å²) in [5, 5.41) is 15.8. The number of amides is 2. The summed E-state index contributed by atoms with van der Waals surface area (Å²) in [6.07, 6.45) is -4.01. The fourth-order valence-electron chi connectivity index (χ4n) is 2.29. The molecule has 2 amide bonds. The fraction of sp³-hybridized carbons (Fsp3) is 0.375. The van der Waals surface area contributed by atoms with Gasteiger partial charge in [0, 0.05) is 19.3 Å². The third-order valence-corrected chi connectivity index (χ3v) is 3.63. The van der Waals surface area contributed by atoms with Gasteiger partial charge in [0.2, 0.25) is 12.3 Å². The molecule has 0 saturated carbocycles. The van der Waals surface area contributed by atoms with E-state index in [0.29, 0.717) is 5.56 Å². The zero-order chi connectivity index (χ0) is 19.3. The maximum Gasteiger partial charge on any atom is 0.326 e. The Labute approximate surface area is 146 Å². The molecule has 1 aromatic carbocycles. The van der Waals surface area contributed by atoms with Gasteiger partial charge in [-0.3, -0.25) is 9.59 Å². The molecule has 1 aromatic rings. The number of rotatable bonds is 7. The fourth-order valence-corrected chi connectivity index (χ4v) is 2.29. The van der Waals surface area contributed by atoms with Crippen molar-refractivity contribution in [2.75, 3.05) is 0 Å². The Hall–Kier alpha value is -2.91. The van der Waals surface area contributed by atoms with E-state index in [-0.39, 0.29) is 31.0 Å². The van der Waals surface area contributed by atoms with Crippen LogP contribution >= 0.6 is 0 Å². The van der Waals surface area contributed by atoms with Crippen LogP contribution in [-0.4, -0.2) is 46.1 Å². The number of carboxylic acids is 1. The Kier molecular flexibility index (Phi) is 6.31. The summed E-state index contributed by atoms with van der Waals surface area (Å²) >= 11 is 0. The first-order chi connectivity index (χ1) is 12.3. The molecular formula is C16H16F3N3O4. The van der Waals surface area contributed by atoms with Crippen molar-refractivity contribution in [2.24, 2.45) is 5.10 Å². The van der Waals surface area contributed by atoms with E-state index in [1.165, 1.54) is 24.3 Å². The van der Waals surface area contributed by atoms with Gasteiger partial charge in [-0.25, -0.2) is 23.0 Å². The molecule has 10 heteroatoms. The number of hydrogen-bond donors (Lipinski definition) is 2. The molecule has 0 radical (unpaired) electrons. The molecule has 2 rings (SSSR count). The topological polar surface area (TPSA) is 99.1 Å². The maximum atomic E-state index is 12.9. The van der Waals surface area contributed by atoms with Gasteiger partial charge >= 0.3 is 5.97 Å². The Morgan fingerprint density at radius 3 is 2.46 bits per heavy atom. The van der Waals surface area contributed by atoms with Crippen molar-refractivity contribution < 1.29 is 32.7 Å². The minimum Gasteiger partial charge on any atom is -0.480 e. The second-order valence-corrected chi connectivity index (χ2v) is 5.62. The Balaban J connectivity index is 2.09. The number of hydrogen-bond acceptors (Lipinski definition) is 4. The number of nitrogens with one attached hydrogen (secondary N) is 1. The molecular weight excluding hydrogens is 355 g/mol. The van der Waals surface area contributed by atoms with Gasteiger partial charge in [0.1, 0.15) is 17.6 Å². The predicted octanol–water partition coefficient (Wildman–Crippen LogP) is 1.53. The van der Waals surface area contributed by atoms with E-state index in [1.54, 1.807) is 0 Å². The molecule has 0 fully saturated rings. The lowest BCUT2D eigenvalue weighted by Crippen LogP contribution is -2.46. The van der Waals surface area contributed by atoms with Crippen LogP contribution in [0.5, 0.6) is 0 Å². The number of nitrogens with zero attached hydrogens (tertiary/aromatic N) is 2. The first kappa shape index (κ1) is 19.4. The summed E-state index contributed by atoms with van der Waals surface area (Å²) in [4.78, 5) is 35.0. The van der Waals surface area contributed by atoms with Gasteiger partial charge in [-0.1, -0.05) is 12.1 Å². The van der Waals surface area contributed by atoms with Gasteiger partial charge in [-0.2, -0.15) is 5.10 Å². The van der Waals surface area contributed by atoms with Crippen molar-refractivity contribution in [3.8, 4) is 0 Å². The summed E-state index contributed by atoms with van der Waals surface area (Å²) in [7, 11) is 0. The molecule has 1 aliphatic heterocycles. The van der Waals surface area contributed by atoms with Crippen LogP contribution < -0.4 is 5.32 Å². The molecule has 1 atom stereocenters. The van der Waals surface area contributed by atoms with Crippen LogP contribution in [0, 0.1) is 5.82 Å². The van der Waals surface area contributed by atoms with E-state index in [1.807, 2.05) is 5.32 Å². The molecule has 1 unspecified atom stereocenters. The first-order valence-corrected chi connectivity index (χ1v) is 7.70. The number of aliphatic carboxylic acids is 1. The van der Waals surface area contributed by atoms with Gasteiger partial charge < -0.3 is 10.4 Å². The lowest BCUT2D eigenvalue weighted by atomic mass is 10.1. The molecule has 0 bridgehead atoms. The highest BCUT2D eigenvalue weighted by Crippen LogP contribution is 2.15. The van der Waals surface area contributed by atoms with Crippen molar-refractivity contribution >= 4 is 23.5 Å². The first-order valence-electron chi connectivity index (χ1n) is 7.70. The summed E-state index contributed by atoms with van der Waals surface area (Å²) in [5.74, 6) is -3.32. The number of carbonyl (C=O) groups is 3. The van der Waals surface area contributed by atoms with Crippen molar-refractivity contribution in [3.05, 3.63) is 35.6 Å². The largest absolute Gasteiger partial charge is 0.480 e. The van der Waals surface area contributed by atoms with Crippen LogP contribution in [0.25, 0.3) is 0 Å². The number of halogens is 3. The summed E-state index contributed by atoms with van der Waals surface area (Å²) in [5.41, 5.74) is 0.443. The molecule has 0 aliphatic carbocycles. The SMILES string of the molecule is O=C(NC(CC(F)F)C(=O)O)C1=NN(Cc2ccc(F)cc2)C(=O)CC1. The molecule has 0 aromatic heterocycles.